The third-order valence-electron chi connectivity index (χ3n) is 4.38. The van der Waals surface area contributed by atoms with Crippen LogP contribution in [-0.4, -0.2) is 55.0 Å². The first kappa shape index (κ1) is 20.7. The van der Waals surface area contributed by atoms with E-state index >= 15 is 0 Å². The van der Waals surface area contributed by atoms with Crippen molar-refractivity contribution < 1.29 is 14.5 Å². The van der Waals surface area contributed by atoms with Crippen LogP contribution in [0.25, 0.3) is 10.2 Å². The Labute approximate surface area is 172 Å². The van der Waals surface area contributed by atoms with Gasteiger partial charge in [-0.05, 0) is 51.3 Å². The number of nitro groups is 1. The van der Waals surface area contributed by atoms with E-state index in [1.807, 2.05) is 37.2 Å². The number of anilines is 1. The molecule has 8 nitrogen and oxygen atoms in total. The highest BCUT2D eigenvalue weighted by Gasteiger charge is 2.27. The molecule has 0 saturated carbocycles. The van der Waals surface area contributed by atoms with Gasteiger partial charge in [-0.15, -0.1) is 0 Å². The van der Waals surface area contributed by atoms with Gasteiger partial charge in [0.15, 0.2) is 5.13 Å². The van der Waals surface area contributed by atoms with Crippen LogP contribution in [-0.2, 0) is 0 Å². The van der Waals surface area contributed by atoms with Crippen molar-refractivity contribution in [2.45, 2.75) is 6.42 Å². The highest BCUT2D eigenvalue weighted by atomic mass is 32.1. The summed E-state index contributed by atoms with van der Waals surface area (Å²) < 4.78 is 6.14. The Morgan fingerprint density at radius 2 is 1.97 bits per heavy atom. The number of nitro benzene ring substituents is 1. The molecular formula is C20H22N4O4S. The van der Waals surface area contributed by atoms with Crippen molar-refractivity contribution in [2.24, 2.45) is 0 Å². The van der Waals surface area contributed by atoms with Gasteiger partial charge in [0.05, 0.1) is 22.2 Å². The molecule has 3 rings (SSSR count). The molecule has 152 valence electrons. The Bertz CT molecular complexity index is 1030. The average Bonchev–Trinajstić information content (AvgIpc) is 3.13. The number of ether oxygens (including phenoxy) is 1. The third-order valence-corrected chi connectivity index (χ3v) is 5.42. The van der Waals surface area contributed by atoms with Gasteiger partial charge < -0.3 is 9.64 Å². The lowest BCUT2D eigenvalue weighted by Gasteiger charge is -2.21. The van der Waals surface area contributed by atoms with Crippen molar-refractivity contribution in [1.29, 1.82) is 0 Å². The summed E-state index contributed by atoms with van der Waals surface area (Å²) in [5.41, 5.74) is 0.593. The number of carbonyl (C=O) groups is 1. The van der Waals surface area contributed by atoms with Gasteiger partial charge in [0.2, 0.25) is 0 Å². The molecule has 0 unspecified atom stereocenters. The van der Waals surface area contributed by atoms with Crippen LogP contribution in [0.5, 0.6) is 5.75 Å². The largest absolute Gasteiger partial charge is 0.497 e. The van der Waals surface area contributed by atoms with Crippen molar-refractivity contribution in [3.8, 4) is 5.75 Å². The summed E-state index contributed by atoms with van der Waals surface area (Å²) in [6, 6.07) is 11.5. The molecule has 3 aromatic rings. The van der Waals surface area contributed by atoms with Crippen molar-refractivity contribution in [3.63, 3.8) is 0 Å². The molecule has 0 spiro atoms. The second-order valence-corrected chi connectivity index (χ2v) is 7.73. The maximum absolute atomic E-state index is 13.3. The molecule has 1 aromatic heterocycles. The zero-order valence-electron chi connectivity index (χ0n) is 16.5. The molecule has 2 aromatic carbocycles. The highest BCUT2D eigenvalue weighted by molar-refractivity contribution is 7.22. The van der Waals surface area contributed by atoms with Gasteiger partial charge in [0, 0.05) is 12.6 Å². The first-order valence-electron chi connectivity index (χ1n) is 9.05. The quantitative estimate of drug-likeness (QED) is 0.411. The van der Waals surface area contributed by atoms with E-state index < -0.39 is 10.8 Å². The molecule has 0 bridgehead atoms. The SMILES string of the molecule is COc1ccc2nc(N(CCCN(C)C)C(=O)c3ccccc3[N+](=O)[O-])sc2c1. The fourth-order valence-electron chi connectivity index (χ4n) is 2.92. The Kier molecular flexibility index (Phi) is 6.40. The van der Waals surface area contributed by atoms with E-state index in [1.54, 1.807) is 19.2 Å². The maximum Gasteiger partial charge on any atom is 0.282 e. The lowest BCUT2D eigenvalue weighted by atomic mass is 10.1. The van der Waals surface area contributed by atoms with Gasteiger partial charge in [-0.25, -0.2) is 4.98 Å². The first-order valence-corrected chi connectivity index (χ1v) is 9.87. The van der Waals surface area contributed by atoms with Crippen LogP contribution in [0.4, 0.5) is 10.8 Å². The second-order valence-electron chi connectivity index (χ2n) is 6.72. The van der Waals surface area contributed by atoms with Crippen LogP contribution in [0.3, 0.4) is 0 Å². The zero-order chi connectivity index (χ0) is 21.0. The minimum atomic E-state index is -0.533. The number of carbonyl (C=O) groups excluding carboxylic acids is 1. The van der Waals surface area contributed by atoms with Crippen LogP contribution in [0.1, 0.15) is 16.8 Å². The predicted molar refractivity (Wildman–Crippen MR) is 114 cm³/mol. The van der Waals surface area contributed by atoms with Crippen LogP contribution in [0.2, 0.25) is 0 Å². The smallest absolute Gasteiger partial charge is 0.282 e. The van der Waals surface area contributed by atoms with E-state index in [0.717, 1.165) is 16.8 Å². The van der Waals surface area contributed by atoms with Gasteiger partial charge in [0.25, 0.3) is 11.6 Å². The molecule has 0 radical (unpaired) electrons. The minimum Gasteiger partial charge on any atom is -0.497 e. The van der Waals surface area contributed by atoms with E-state index in [-0.39, 0.29) is 11.3 Å². The third kappa shape index (κ3) is 4.69. The van der Waals surface area contributed by atoms with E-state index in [2.05, 4.69) is 4.98 Å². The highest BCUT2D eigenvalue weighted by Crippen LogP contribution is 2.33. The van der Waals surface area contributed by atoms with Crippen molar-refractivity contribution >= 4 is 38.3 Å². The fraction of sp³-hybridized carbons (Fsp3) is 0.300. The minimum absolute atomic E-state index is 0.0548. The number of aromatic nitrogens is 1. The number of fused-ring (bicyclic) bond motifs is 1. The maximum atomic E-state index is 13.3. The number of rotatable bonds is 8. The predicted octanol–water partition coefficient (Wildman–Crippen LogP) is 3.81. The van der Waals surface area contributed by atoms with Gasteiger partial charge in [-0.1, -0.05) is 23.5 Å². The summed E-state index contributed by atoms with van der Waals surface area (Å²) >= 11 is 1.36. The monoisotopic (exact) mass is 414 g/mol. The average molecular weight is 414 g/mol. The molecule has 1 heterocycles. The summed E-state index contributed by atoms with van der Waals surface area (Å²) in [6.07, 6.45) is 0.707. The molecule has 0 saturated heterocycles. The number of para-hydroxylation sites is 1. The van der Waals surface area contributed by atoms with Gasteiger partial charge in [-0.2, -0.15) is 0 Å². The molecule has 0 aliphatic rings. The number of thiazole rings is 1. The molecular weight excluding hydrogens is 392 g/mol. The van der Waals surface area contributed by atoms with Gasteiger partial charge in [-0.3, -0.25) is 19.8 Å². The molecule has 0 N–H and O–H groups in total. The van der Waals surface area contributed by atoms with E-state index in [4.69, 9.17) is 4.74 Å². The van der Waals surface area contributed by atoms with E-state index in [9.17, 15) is 14.9 Å². The number of hydrogen-bond acceptors (Lipinski definition) is 7. The summed E-state index contributed by atoms with van der Waals surface area (Å²) in [7, 11) is 5.51. The molecule has 0 atom stereocenters. The Hall–Kier alpha value is -3.04. The zero-order valence-corrected chi connectivity index (χ0v) is 17.3. The van der Waals surface area contributed by atoms with E-state index in [0.29, 0.717) is 23.8 Å². The second kappa shape index (κ2) is 8.97. The summed E-state index contributed by atoms with van der Waals surface area (Å²) in [4.78, 5) is 32.3. The lowest BCUT2D eigenvalue weighted by Crippen LogP contribution is -2.33. The number of benzene rings is 2. The Morgan fingerprint density at radius 3 is 2.66 bits per heavy atom. The van der Waals surface area contributed by atoms with Crippen LogP contribution in [0, 0.1) is 10.1 Å². The first-order chi connectivity index (χ1) is 13.9. The van der Waals surface area contributed by atoms with Crippen molar-refractivity contribution in [2.75, 3.05) is 39.2 Å². The standard InChI is InChI=1S/C20H22N4O4S/c1-22(2)11-6-12-23(19(25)15-7-4-5-8-17(15)24(26)27)20-21-16-10-9-14(28-3)13-18(16)29-20/h4-5,7-10,13H,6,11-12H2,1-3H3. The van der Waals surface area contributed by atoms with Gasteiger partial charge in [0.1, 0.15) is 11.3 Å². The molecule has 0 aliphatic heterocycles. The van der Waals surface area contributed by atoms with Crippen LogP contribution < -0.4 is 9.64 Å². The van der Waals surface area contributed by atoms with Crippen LogP contribution in [0.15, 0.2) is 42.5 Å². The van der Waals surface area contributed by atoms with Crippen LogP contribution >= 0.6 is 11.3 Å². The molecule has 0 fully saturated rings. The topological polar surface area (TPSA) is 88.8 Å². The summed E-state index contributed by atoms with van der Waals surface area (Å²) in [5, 5.41) is 11.9. The summed E-state index contributed by atoms with van der Waals surface area (Å²) in [5.74, 6) is 0.277. The lowest BCUT2D eigenvalue weighted by molar-refractivity contribution is -0.385. The molecule has 9 heteroatoms. The normalized spacial score (nSPS) is 11.0. The van der Waals surface area contributed by atoms with Crippen molar-refractivity contribution in [1.82, 2.24) is 9.88 Å². The Balaban J connectivity index is 2.00. The number of methoxy groups -OCH3 is 1. The number of amides is 1. The number of hydrogen-bond donors (Lipinski definition) is 0. The molecule has 0 aliphatic carbocycles. The van der Waals surface area contributed by atoms with E-state index in [1.165, 1.54) is 28.4 Å². The van der Waals surface area contributed by atoms with Crippen molar-refractivity contribution in [3.05, 3.63) is 58.1 Å². The van der Waals surface area contributed by atoms with Gasteiger partial charge >= 0.3 is 0 Å². The summed E-state index contributed by atoms with van der Waals surface area (Å²) in [6.45, 7) is 1.18. The fourth-order valence-corrected chi connectivity index (χ4v) is 3.94. The molecule has 29 heavy (non-hydrogen) atoms. The molecule has 1 amide bonds. The Morgan fingerprint density at radius 1 is 1.21 bits per heavy atom. The number of nitrogens with zero attached hydrogens (tertiary/aromatic N) is 4.